The largest absolute Gasteiger partial charge is 0.378 e. The highest BCUT2D eigenvalue weighted by molar-refractivity contribution is 5.98. The lowest BCUT2D eigenvalue weighted by molar-refractivity contribution is 0.00945. The summed E-state index contributed by atoms with van der Waals surface area (Å²) in [4.78, 5) is 12.3. The maximum atomic E-state index is 13.6. The smallest absolute Gasteiger partial charge is 0.169 e. The maximum Gasteiger partial charge on any atom is 0.169 e. The zero-order valence-corrected chi connectivity index (χ0v) is 10.4. The fourth-order valence-electron chi connectivity index (χ4n) is 2.96. The van der Waals surface area contributed by atoms with Crippen molar-refractivity contribution in [2.24, 2.45) is 5.92 Å². The van der Waals surface area contributed by atoms with E-state index in [-0.39, 0.29) is 29.3 Å². The Morgan fingerprint density at radius 1 is 1.21 bits per heavy atom. The fraction of sp³-hybridized carbons (Fsp3) is 0.500. The van der Waals surface area contributed by atoms with Crippen LogP contribution in [0.5, 0.6) is 0 Å². The van der Waals surface area contributed by atoms with Crippen molar-refractivity contribution in [2.45, 2.75) is 24.9 Å². The van der Waals surface area contributed by atoms with Crippen LogP contribution in [-0.2, 0) is 4.74 Å². The average molecular weight is 267 g/mol. The Balaban J connectivity index is 1.80. The van der Waals surface area contributed by atoms with Crippen molar-refractivity contribution in [3.05, 3.63) is 35.4 Å². The van der Waals surface area contributed by atoms with Crippen LogP contribution in [0, 0.1) is 17.6 Å². The lowest BCUT2D eigenvalue weighted by Gasteiger charge is -2.39. The molecular formula is C14H15F2NO2. The van der Waals surface area contributed by atoms with E-state index in [1.165, 1.54) is 6.07 Å². The van der Waals surface area contributed by atoms with Gasteiger partial charge in [-0.1, -0.05) is 0 Å². The Hall–Kier alpha value is -1.33. The van der Waals surface area contributed by atoms with E-state index in [4.69, 9.17) is 4.74 Å². The fourth-order valence-corrected chi connectivity index (χ4v) is 2.96. The average Bonchev–Trinajstić information content (AvgIpc) is 2.37. The van der Waals surface area contributed by atoms with E-state index in [0.29, 0.717) is 26.1 Å². The van der Waals surface area contributed by atoms with E-state index < -0.39 is 11.6 Å². The number of piperidine rings is 1. The minimum Gasteiger partial charge on any atom is -0.378 e. The van der Waals surface area contributed by atoms with Gasteiger partial charge in [0.15, 0.2) is 5.78 Å². The molecule has 2 fully saturated rings. The second-order valence-electron chi connectivity index (χ2n) is 5.25. The van der Waals surface area contributed by atoms with Crippen LogP contribution in [0.25, 0.3) is 0 Å². The predicted octanol–water partition coefficient (Wildman–Crippen LogP) is 1.91. The Labute approximate surface area is 109 Å². The molecule has 0 radical (unpaired) electrons. The molecule has 1 aromatic carbocycles. The summed E-state index contributed by atoms with van der Waals surface area (Å²) in [5.74, 6) is -1.87. The Morgan fingerprint density at radius 3 is 2.53 bits per heavy atom. The number of Topliss-reactive ketones (excluding diaryl/α,β-unsaturated/α-hetero) is 1. The molecule has 5 heteroatoms. The number of carbonyl (C=O) groups excluding carboxylic acids is 1. The van der Waals surface area contributed by atoms with Crippen molar-refractivity contribution in [3.8, 4) is 0 Å². The number of hydrogen-bond donors (Lipinski definition) is 1. The molecule has 1 aromatic rings. The number of benzene rings is 1. The maximum absolute atomic E-state index is 13.6. The van der Waals surface area contributed by atoms with E-state index in [0.717, 1.165) is 12.1 Å². The van der Waals surface area contributed by atoms with E-state index in [1.54, 1.807) is 0 Å². The number of ketones is 1. The molecule has 2 heterocycles. The zero-order chi connectivity index (χ0) is 13.4. The Morgan fingerprint density at radius 2 is 1.89 bits per heavy atom. The van der Waals surface area contributed by atoms with Crippen LogP contribution in [0.1, 0.15) is 23.2 Å². The molecule has 19 heavy (non-hydrogen) atoms. The first-order valence-corrected chi connectivity index (χ1v) is 6.46. The van der Waals surface area contributed by atoms with Gasteiger partial charge in [0, 0.05) is 24.1 Å². The number of nitrogens with one attached hydrogen (secondary N) is 1. The third-order valence-corrected chi connectivity index (χ3v) is 3.81. The highest BCUT2D eigenvalue weighted by atomic mass is 19.1. The van der Waals surface area contributed by atoms with Crippen LogP contribution < -0.4 is 5.32 Å². The van der Waals surface area contributed by atoms with Crippen LogP contribution in [0.3, 0.4) is 0 Å². The molecule has 2 aliphatic heterocycles. The van der Waals surface area contributed by atoms with Crippen LogP contribution in [0.15, 0.2) is 18.2 Å². The van der Waals surface area contributed by atoms with E-state index in [2.05, 4.69) is 5.32 Å². The van der Waals surface area contributed by atoms with Crippen molar-refractivity contribution < 1.29 is 18.3 Å². The second kappa shape index (κ2) is 4.98. The number of halogens is 2. The molecule has 0 saturated carbocycles. The van der Waals surface area contributed by atoms with Gasteiger partial charge in [0.2, 0.25) is 0 Å². The molecule has 3 nitrogen and oxygen atoms in total. The van der Waals surface area contributed by atoms with Crippen LogP contribution in [-0.4, -0.2) is 31.1 Å². The highest BCUT2D eigenvalue weighted by Gasteiger charge is 2.36. The summed E-state index contributed by atoms with van der Waals surface area (Å²) in [5.41, 5.74) is -0.00714. The summed E-state index contributed by atoms with van der Waals surface area (Å²) in [6.45, 7) is 1.18. The van der Waals surface area contributed by atoms with E-state index >= 15 is 0 Å². The standard InChI is InChI=1S/C14H15F2NO2/c15-9-1-2-12(13(16)5-9)14(18)8-3-10-6-19-7-11(4-8)17-10/h1-2,5,8,10-11,17H,3-4,6-7H2. The molecule has 0 amide bonds. The van der Waals surface area contributed by atoms with Gasteiger partial charge in [-0.3, -0.25) is 4.79 Å². The van der Waals surface area contributed by atoms with Gasteiger partial charge >= 0.3 is 0 Å². The first-order chi connectivity index (χ1) is 9.13. The molecule has 3 rings (SSSR count). The summed E-state index contributed by atoms with van der Waals surface area (Å²) in [5, 5.41) is 3.38. The number of ether oxygens (including phenoxy) is 1. The highest BCUT2D eigenvalue weighted by Crippen LogP contribution is 2.28. The normalized spacial score (nSPS) is 30.1. The molecular weight excluding hydrogens is 252 g/mol. The zero-order valence-electron chi connectivity index (χ0n) is 10.4. The molecule has 1 N–H and O–H groups in total. The number of morpholine rings is 1. The van der Waals surface area contributed by atoms with Gasteiger partial charge in [-0.15, -0.1) is 0 Å². The van der Waals surface area contributed by atoms with Crippen molar-refractivity contribution >= 4 is 5.78 Å². The topological polar surface area (TPSA) is 38.3 Å². The van der Waals surface area contributed by atoms with Crippen molar-refractivity contribution in [2.75, 3.05) is 13.2 Å². The number of fused-ring (bicyclic) bond motifs is 2. The van der Waals surface area contributed by atoms with Gasteiger partial charge in [0.1, 0.15) is 11.6 Å². The number of carbonyl (C=O) groups is 1. The van der Waals surface area contributed by atoms with Crippen LogP contribution >= 0.6 is 0 Å². The number of rotatable bonds is 2. The second-order valence-corrected chi connectivity index (χ2v) is 5.25. The molecule has 2 saturated heterocycles. The molecule has 0 aliphatic carbocycles. The Kier molecular flexibility index (Phi) is 3.33. The molecule has 0 spiro atoms. The first-order valence-electron chi connectivity index (χ1n) is 6.46. The van der Waals surface area contributed by atoms with Gasteiger partial charge in [-0.25, -0.2) is 8.78 Å². The first kappa shape index (κ1) is 12.7. The van der Waals surface area contributed by atoms with E-state index in [9.17, 15) is 13.6 Å². The van der Waals surface area contributed by atoms with Gasteiger partial charge in [-0.2, -0.15) is 0 Å². The van der Waals surface area contributed by atoms with Gasteiger partial charge in [-0.05, 0) is 25.0 Å². The van der Waals surface area contributed by atoms with Crippen LogP contribution in [0.2, 0.25) is 0 Å². The summed E-state index contributed by atoms with van der Waals surface area (Å²) >= 11 is 0. The molecule has 0 aromatic heterocycles. The third-order valence-electron chi connectivity index (χ3n) is 3.81. The van der Waals surface area contributed by atoms with Crippen molar-refractivity contribution in [1.29, 1.82) is 0 Å². The minimum atomic E-state index is -0.773. The van der Waals surface area contributed by atoms with Crippen molar-refractivity contribution in [1.82, 2.24) is 5.32 Å². The number of hydrogen-bond acceptors (Lipinski definition) is 3. The molecule has 2 atom stereocenters. The summed E-state index contributed by atoms with van der Waals surface area (Å²) in [6.07, 6.45) is 1.29. The summed E-state index contributed by atoms with van der Waals surface area (Å²) in [7, 11) is 0. The molecule has 2 aliphatic rings. The van der Waals surface area contributed by atoms with Gasteiger partial charge in [0.05, 0.1) is 18.8 Å². The SMILES string of the molecule is O=C(c1ccc(F)cc1F)C1CC2COCC(C1)N2. The molecule has 2 unspecified atom stereocenters. The van der Waals surface area contributed by atoms with Gasteiger partial charge < -0.3 is 10.1 Å². The quantitative estimate of drug-likeness (QED) is 0.832. The Bertz CT molecular complexity index is 494. The summed E-state index contributed by atoms with van der Waals surface area (Å²) in [6, 6.07) is 3.44. The predicted molar refractivity (Wildman–Crippen MR) is 64.9 cm³/mol. The van der Waals surface area contributed by atoms with Gasteiger partial charge in [0.25, 0.3) is 0 Å². The minimum absolute atomic E-state index is 0.00714. The third kappa shape index (κ3) is 2.53. The van der Waals surface area contributed by atoms with E-state index in [1.807, 2.05) is 0 Å². The van der Waals surface area contributed by atoms with Crippen molar-refractivity contribution in [3.63, 3.8) is 0 Å². The lowest BCUT2D eigenvalue weighted by Crippen LogP contribution is -2.55. The monoisotopic (exact) mass is 267 g/mol. The molecule has 2 bridgehead atoms. The van der Waals surface area contributed by atoms with Crippen LogP contribution in [0.4, 0.5) is 8.78 Å². The molecule has 102 valence electrons. The summed E-state index contributed by atoms with van der Waals surface area (Å²) < 4.78 is 31.9. The lowest BCUT2D eigenvalue weighted by atomic mass is 9.82.